The van der Waals surface area contributed by atoms with Crippen molar-refractivity contribution in [1.82, 2.24) is 15.9 Å². The van der Waals surface area contributed by atoms with Gasteiger partial charge in [0.2, 0.25) is 0 Å². The van der Waals surface area contributed by atoms with E-state index < -0.39 is 5.91 Å². The maximum Gasteiger partial charge on any atom is 0.271 e. The Morgan fingerprint density at radius 2 is 2.08 bits per heavy atom. The number of nitriles is 1. The van der Waals surface area contributed by atoms with Gasteiger partial charge in [-0.3, -0.25) is 15.6 Å². The highest BCUT2D eigenvalue weighted by Gasteiger charge is 2.11. The fourth-order valence-corrected chi connectivity index (χ4v) is 2.92. The second-order valence-corrected chi connectivity index (χ2v) is 5.86. The van der Waals surface area contributed by atoms with E-state index in [2.05, 4.69) is 31.4 Å². The van der Waals surface area contributed by atoms with Gasteiger partial charge in [0, 0.05) is 34.0 Å². The van der Waals surface area contributed by atoms with E-state index in [-0.39, 0.29) is 11.1 Å². The molecule has 123 valence electrons. The summed E-state index contributed by atoms with van der Waals surface area (Å²) in [6.45, 7) is 0. The van der Waals surface area contributed by atoms with Gasteiger partial charge in [-0.25, -0.2) is 0 Å². The number of carbonyl (C=O) groups excluding carboxylic acids is 1. The minimum absolute atomic E-state index is 0.0975. The van der Waals surface area contributed by atoms with Crippen LogP contribution in [0.3, 0.4) is 0 Å². The third-order valence-electron chi connectivity index (χ3n) is 3.67. The molecule has 0 saturated carbocycles. The van der Waals surface area contributed by atoms with Crippen molar-refractivity contribution in [3.63, 3.8) is 0 Å². The summed E-state index contributed by atoms with van der Waals surface area (Å²) in [6.07, 6.45) is 1.85. The van der Waals surface area contributed by atoms with Gasteiger partial charge in [-0.2, -0.15) is 10.4 Å². The first-order chi connectivity index (χ1) is 12.1. The molecule has 7 heteroatoms. The standard InChI is InChI=1S/C18H13BrN5O/c19-8-13-10-22-24-17(13)11-2-1-3-14(6-11)23-15-4-5-16(18(21)25)12(7-15)9-20/h1-7,10,21,23H,8H2,(H,22,24). The Balaban J connectivity index is 1.91. The largest absolute Gasteiger partial charge is 0.355 e. The topological polar surface area (TPSA) is 105 Å². The van der Waals surface area contributed by atoms with Gasteiger partial charge in [-0.15, -0.1) is 0 Å². The normalized spacial score (nSPS) is 10.2. The number of alkyl halides is 1. The molecule has 0 bridgehead atoms. The number of aromatic nitrogens is 2. The number of nitrogens with one attached hydrogen (secondary N) is 3. The maximum atomic E-state index is 11.2. The lowest BCUT2D eigenvalue weighted by atomic mass is 10.1. The van der Waals surface area contributed by atoms with Gasteiger partial charge in [0.05, 0.1) is 16.8 Å². The fraction of sp³-hybridized carbons (Fsp3) is 0.0556. The van der Waals surface area contributed by atoms with E-state index in [4.69, 9.17) is 11.0 Å². The number of halogens is 1. The Morgan fingerprint density at radius 3 is 2.80 bits per heavy atom. The quantitative estimate of drug-likeness (QED) is 0.637. The van der Waals surface area contributed by atoms with E-state index in [0.29, 0.717) is 11.0 Å². The van der Waals surface area contributed by atoms with E-state index >= 15 is 0 Å². The summed E-state index contributed by atoms with van der Waals surface area (Å²) >= 11 is 3.44. The number of amides is 1. The molecule has 3 aromatic rings. The molecule has 0 spiro atoms. The molecule has 1 radical (unpaired) electrons. The summed E-state index contributed by atoms with van der Waals surface area (Å²) in [7, 11) is 0. The molecule has 1 amide bonds. The van der Waals surface area contributed by atoms with Crippen molar-refractivity contribution in [1.29, 1.82) is 5.26 Å². The molecular weight excluding hydrogens is 382 g/mol. The number of carbonyl (C=O) groups is 1. The van der Waals surface area contributed by atoms with Crippen LogP contribution in [0.5, 0.6) is 0 Å². The van der Waals surface area contributed by atoms with Crippen LogP contribution in [0.25, 0.3) is 11.3 Å². The van der Waals surface area contributed by atoms with Gasteiger partial charge >= 0.3 is 0 Å². The predicted octanol–water partition coefficient (Wildman–Crippen LogP) is 4.01. The van der Waals surface area contributed by atoms with Gasteiger partial charge in [-0.05, 0) is 30.3 Å². The minimum atomic E-state index is -0.870. The number of H-pyrrole nitrogens is 1. The molecule has 2 aromatic carbocycles. The molecule has 3 N–H and O–H groups in total. The molecule has 1 heterocycles. The van der Waals surface area contributed by atoms with Crippen LogP contribution in [0.4, 0.5) is 11.4 Å². The first-order valence-electron chi connectivity index (χ1n) is 7.38. The number of hydrogen-bond donors (Lipinski definition) is 2. The predicted molar refractivity (Wildman–Crippen MR) is 98.5 cm³/mol. The molecule has 0 aliphatic carbocycles. The zero-order chi connectivity index (χ0) is 17.8. The highest BCUT2D eigenvalue weighted by Crippen LogP contribution is 2.27. The SMILES string of the molecule is N#Cc1cc(Nc2cccc(-c3n[nH]cc3CBr)c2)ccc1C([NH])=O. The number of aromatic amines is 1. The summed E-state index contributed by atoms with van der Waals surface area (Å²) in [5.74, 6) is -0.870. The third-order valence-corrected chi connectivity index (χ3v) is 4.28. The van der Waals surface area contributed by atoms with E-state index in [1.807, 2.05) is 36.5 Å². The molecule has 0 aliphatic rings. The smallest absolute Gasteiger partial charge is 0.271 e. The van der Waals surface area contributed by atoms with Gasteiger partial charge in [-0.1, -0.05) is 28.1 Å². The van der Waals surface area contributed by atoms with Crippen molar-refractivity contribution in [3.8, 4) is 17.3 Å². The molecular formula is C18H13BrN5O. The molecule has 0 unspecified atom stereocenters. The molecule has 0 aliphatic heterocycles. The van der Waals surface area contributed by atoms with Crippen molar-refractivity contribution in [2.24, 2.45) is 0 Å². The van der Waals surface area contributed by atoms with Crippen LogP contribution in [-0.4, -0.2) is 16.1 Å². The zero-order valence-corrected chi connectivity index (χ0v) is 14.6. The van der Waals surface area contributed by atoms with Gasteiger partial charge in [0.25, 0.3) is 5.91 Å². The first kappa shape index (κ1) is 16.7. The summed E-state index contributed by atoms with van der Waals surface area (Å²) < 4.78 is 0. The third kappa shape index (κ3) is 3.54. The van der Waals surface area contributed by atoms with Crippen LogP contribution in [0.2, 0.25) is 0 Å². The van der Waals surface area contributed by atoms with Crippen molar-refractivity contribution >= 4 is 33.2 Å². The Morgan fingerprint density at radius 1 is 1.28 bits per heavy atom. The molecule has 25 heavy (non-hydrogen) atoms. The van der Waals surface area contributed by atoms with Crippen molar-refractivity contribution in [3.05, 3.63) is 65.4 Å². The Bertz CT molecular complexity index is 974. The fourth-order valence-electron chi connectivity index (χ4n) is 2.49. The Hall–Kier alpha value is -3.11. The highest BCUT2D eigenvalue weighted by molar-refractivity contribution is 9.08. The molecule has 0 atom stereocenters. The molecule has 0 fully saturated rings. The maximum absolute atomic E-state index is 11.2. The molecule has 1 aromatic heterocycles. The van der Waals surface area contributed by atoms with Crippen LogP contribution in [0.15, 0.2) is 48.7 Å². The number of anilines is 2. The van der Waals surface area contributed by atoms with Crippen LogP contribution in [-0.2, 0) is 5.33 Å². The van der Waals surface area contributed by atoms with Crippen molar-refractivity contribution in [2.45, 2.75) is 5.33 Å². The van der Waals surface area contributed by atoms with Crippen molar-refractivity contribution in [2.75, 3.05) is 5.32 Å². The summed E-state index contributed by atoms with van der Waals surface area (Å²) in [5, 5.41) is 20.2. The second-order valence-electron chi connectivity index (χ2n) is 5.30. The lowest BCUT2D eigenvalue weighted by Gasteiger charge is -2.09. The van der Waals surface area contributed by atoms with Crippen LogP contribution in [0, 0.1) is 11.3 Å². The first-order valence-corrected chi connectivity index (χ1v) is 8.50. The highest BCUT2D eigenvalue weighted by atomic mass is 79.9. The van der Waals surface area contributed by atoms with E-state index in [1.54, 1.807) is 12.1 Å². The Kier molecular flexibility index (Phi) is 4.82. The number of nitrogens with zero attached hydrogens (tertiary/aromatic N) is 2. The molecule has 3 rings (SSSR count). The van der Waals surface area contributed by atoms with Crippen LogP contribution >= 0.6 is 15.9 Å². The lowest BCUT2D eigenvalue weighted by molar-refractivity contribution is 0.0992. The zero-order valence-electron chi connectivity index (χ0n) is 13.0. The van der Waals surface area contributed by atoms with Crippen molar-refractivity contribution < 1.29 is 4.79 Å². The average Bonchev–Trinajstić information content (AvgIpc) is 3.10. The lowest BCUT2D eigenvalue weighted by Crippen LogP contribution is -2.03. The summed E-state index contributed by atoms with van der Waals surface area (Å²) in [5.41, 5.74) is 11.8. The number of benzene rings is 2. The molecule has 0 saturated heterocycles. The average molecular weight is 395 g/mol. The van der Waals surface area contributed by atoms with Gasteiger partial charge in [0.1, 0.15) is 6.07 Å². The van der Waals surface area contributed by atoms with E-state index in [0.717, 1.165) is 22.5 Å². The summed E-state index contributed by atoms with van der Waals surface area (Å²) in [6, 6.07) is 14.4. The van der Waals surface area contributed by atoms with Crippen LogP contribution in [0.1, 0.15) is 21.5 Å². The Labute approximate surface area is 152 Å². The van der Waals surface area contributed by atoms with Gasteiger partial charge in [0.15, 0.2) is 0 Å². The van der Waals surface area contributed by atoms with E-state index in [1.165, 1.54) is 6.07 Å². The second kappa shape index (κ2) is 7.20. The van der Waals surface area contributed by atoms with Crippen LogP contribution < -0.4 is 11.1 Å². The van der Waals surface area contributed by atoms with E-state index in [9.17, 15) is 4.79 Å². The van der Waals surface area contributed by atoms with Gasteiger partial charge < -0.3 is 5.32 Å². The monoisotopic (exact) mass is 394 g/mol. The molecule has 6 nitrogen and oxygen atoms in total. The summed E-state index contributed by atoms with van der Waals surface area (Å²) in [4.78, 5) is 11.2. The number of hydrogen-bond acceptors (Lipinski definition) is 4. The minimum Gasteiger partial charge on any atom is -0.355 e. The number of rotatable bonds is 5.